The summed E-state index contributed by atoms with van der Waals surface area (Å²) in [5.41, 5.74) is 2.55. The number of ether oxygens (including phenoxy) is 2. The number of carbonyl (C=O) groups is 1. The van der Waals surface area contributed by atoms with Gasteiger partial charge in [0.05, 0.1) is 0 Å². The Morgan fingerprint density at radius 2 is 1.82 bits per heavy atom. The van der Waals surface area contributed by atoms with E-state index in [0.29, 0.717) is 36.0 Å². The van der Waals surface area contributed by atoms with E-state index in [2.05, 4.69) is 11.6 Å². The van der Waals surface area contributed by atoms with Crippen LogP contribution in [-0.4, -0.2) is 25.4 Å². The van der Waals surface area contributed by atoms with Crippen LogP contribution in [0, 0.1) is 0 Å². The van der Waals surface area contributed by atoms with Crippen LogP contribution in [0.4, 0.5) is 5.69 Å². The molecule has 22 heavy (non-hydrogen) atoms. The van der Waals surface area contributed by atoms with Crippen LogP contribution in [0.1, 0.15) is 15.9 Å². The van der Waals surface area contributed by atoms with Gasteiger partial charge in [-0.25, -0.2) is 0 Å². The topological polar surface area (TPSA) is 47.6 Å². The van der Waals surface area contributed by atoms with E-state index in [9.17, 15) is 4.79 Å². The second-order valence-electron chi connectivity index (χ2n) is 4.94. The Kier molecular flexibility index (Phi) is 4.53. The summed E-state index contributed by atoms with van der Waals surface area (Å²) in [5.74, 6) is 2.20. The molecule has 1 aliphatic rings. The van der Waals surface area contributed by atoms with Crippen LogP contribution in [0.5, 0.6) is 11.5 Å². The van der Waals surface area contributed by atoms with Gasteiger partial charge >= 0.3 is 0 Å². The highest BCUT2D eigenvalue weighted by atomic mass is 32.2. The molecule has 3 rings (SSSR count). The minimum atomic E-state index is -0.132. The number of thioether (sulfide) groups is 1. The van der Waals surface area contributed by atoms with Gasteiger partial charge in [0.25, 0.3) is 5.91 Å². The van der Waals surface area contributed by atoms with Crippen molar-refractivity contribution < 1.29 is 14.3 Å². The molecule has 0 bridgehead atoms. The Morgan fingerprint density at radius 1 is 1.09 bits per heavy atom. The summed E-state index contributed by atoms with van der Waals surface area (Å²) >= 11 is 1.76. The van der Waals surface area contributed by atoms with Crippen molar-refractivity contribution in [3.05, 3.63) is 53.6 Å². The van der Waals surface area contributed by atoms with Crippen LogP contribution in [0.25, 0.3) is 0 Å². The Bertz CT molecular complexity index is 670. The van der Waals surface area contributed by atoms with Gasteiger partial charge in [-0.15, -0.1) is 0 Å². The number of carbonyl (C=O) groups excluding carboxylic acids is 1. The smallest absolute Gasteiger partial charge is 0.255 e. The zero-order chi connectivity index (χ0) is 15.4. The fourth-order valence-electron chi connectivity index (χ4n) is 2.24. The highest BCUT2D eigenvalue weighted by Gasteiger charge is 2.13. The summed E-state index contributed by atoms with van der Waals surface area (Å²) in [5, 5.41) is 2.88. The average molecular weight is 315 g/mol. The van der Waals surface area contributed by atoms with E-state index < -0.39 is 0 Å². The van der Waals surface area contributed by atoms with Crippen LogP contribution < -0.4 is 14.8 Å². The van der Waals surface area contributed by atoms with E-state index in [0.717, 1.165) is 5.75 Å². The summed E-state index contributed by atoms with van der Waals surface area (Å²) in [4.78, 5) is 12.3. The number of anilines is 1. The summed E-state index contributed by atoms with van der Waals surface area (Å²) in [7, 11) is 0. The third kappa shape index (κ3) is 3.36. The second kappa shape index (κ2) is 6.75. The van der Waals surface area contributed by atoms with E-state index >= 15 is 0 Å². The minimum Gasteiger partial charge on any atom is -0.486 e. The summed E-state index contributed by atoms with van der Waals surface area (Å²) in [6.07, 6.45) is 2.06. The lowest BCUT2D eigenvalue weighted by molar-refractivity contribution is 0.102. The van der Waals surface area contributed by atoms with Gasteiger partial charge < -0.3 is 14.8 Å². The number of rotatable bonds is 4. The highest BCUT2D eigenvalue weighted by molar-refractivity contribution is 7.97. The fourth-order valence-corrected chi connectivity index (χ4v) is 2.77. The molecule has 114 valence electrons. The SMILES string of the molecule is CSCc1ccc(C(=O)Nc2ccc3c(c2)OCCO3)cc1. The minimum absolute atomic E-state index is 0.132. The van der Waals surface area contributed by atoms with Crippen LogP contribution in [0.3, 0.4) is 0 Å². The molecule has 1 amide bonds. The van der Waals surface area contributed by atoms with Gasteiger partial charge in [-0.05, 0) is 36.1 Å². The van der Waals surface area contributed by atoms with Crippen molar-refractivity contribution >= 4 is 23.4 Å². The molecule has 0 spiro atoms. The van der Waals surface area contributed by atoms with Gasteiger partial charge in [-0.3, -0.25) is 4.79 Å². The van der Waals surface area contributed by atoms with E-state index in [1.807, 2.05) is 36.4 Å². The van der Waals surface area contributed by atoms with Crippen molar-refractivity contribution in [2.24, 2.45) is 0 Å². The molecule has 5 heteroatoms. The Balaban J connectivity index is 1.71. The first-order valence-corrected chi connectivity index (χ1v) is 8.44. The van der Waals surface area contributed by atoms with Crippen LogP contribution in [0.15, 0.2) is 42.5 Å². The molecule has 1 aliphatic heterocycles. The number of benzene rings is 2. The summed E-state index contributed by atoms with van der Waals surface area (Å²) < 4.78 is 11.0. The van der Waals surface area contributed by atoms with Crippen LogP contribution in [0.2, 0.25) is 0 Å². The van der Waals surface area contributed by atoms with Crippen molar-refractivity contribution in [3.8, 4) is 11.5 Å². The van der Waals surface area contributed by atoms with Gasteiger partial charge in [0.15, 0.2) is 11.5 Å². The second-order valence-corrected chi connectivity index (χ2v) is 5.81. The Labute approximate surface area is 133 Å². The van der Waals surface area contributed by atoms with Crippen LogP contribution in [-0.2, 0) is 5.75 Å². The van der Waals surface area contributed by atoms with Crippen LogP contribution >= 0.6 is 11.8 Å². The Hall–Kier alpha value is -2.14. The predicted molar refractivity (Wildman–Crippen MR) is 89.0 cm³/mol. The monoisotopic (exact) mass is 315 g/mol. The molecule has 2 aromatic carbocycles. The molecule has 1 heterocycles. The average Bonchev–Trinajstić information content (AvgIpc) is 2.56. The zero-order valence-electron chi connectivity index (χ0n) is 12.3. The summed E-state index contributed by atoms with van der Waals surface area (Å²) in [6, 6.07) is 13.1. The fraction of sp³-hybridized carbons (Fsp3) is 0.235. The molecule has 2 aromatic rings. The van der Waals surface area contributed by atoms with Crippen molar-refractivity contribution in [2.45, 2.75) is 5.75 Å². The first-order valence-electron chi connectivity index (χ1n) is 7.05. The quantitative estimate of drug-likeness (QED) is 0.937. The number of fused-ring (bicyclic) bond motifs is 1. The zero-order valence-corrected chi connectivity index (χ0v) is 13.1. The Morgan fingerprint density at radius 3 is 2.55 bits per heavy atom. The van der Waals surface area contributed by atoms with Crippen molar-refractivity contribution in [1.29, 1.82) is 0 Å². The molecule has 0 fully saturated rings. The van der Waals surface area contributed by atoms with Gasteiger partial charge in [0.1, 0.15) is 13.2 Å². The molecule has 4 nitrogen and oxygen atoms in total. The van der Waals surface area contributed by atoms with Crippen molar-refractivity contribution in [1.82, 2.24) is 0 Å². The maximum atomic E-state index is 12.3. The lowest BCUT2D eigenvalue weighted by atomic mass is 10.1. The molecular weight excluding hydrogens is 298 g/mol. The molecule has 0 aromatic heterocycles. The molecule has 0 atom stereocenters. The van der Waals surface area contributed by atoms with E-state index in [1.165, 1.54) is 5.56 Å². The molecular formula is C17H17NO3S. The standard InChI is InChI=1S/C17H17NO3S/c1-22-11-12-2-4-13(5-3-12)17(19)18-14-6-7-15-16(10-14)21-9-8-20-15/h2-7,10H,8-9,11H2,1H3,(H,18,19). The molecule has 1 N–H and O–H groups in total. The number of amides is 1. The van der Waals surface area contributed by atoms with Gasteiger partial charge in [-0.2, -0.15) is 11.8 Å². The molecule has 0 unspecified atom stereocenters. The molecule has 0 aliphatic carbocycles. The lowest BCUT2D eigenvalue weighted by Crippen LogP contribution is -2.16. The van der Waals surface area contributed by atoms with Gasteiger partial charge in [0, 0.05) is 23.1 Å². The predicted octanol–water partition coefficient (Wildman–Crippen LogP) is 3.57. The number of hydrogen-bond donors (Lipinski definition) is 1. The number of nitrogens with one attached hydrogen (secondary N) is 1. The van der Waals surface area contributed by atoms with Crippen molar-refractivity contribution in [2.75, 3.05) is 24.8 Å². The number of hydrogen-bond acceptors (Lipinski definition) is 4. The highest BCUT2D eigenvalue weighted by Crippen LogP contribution is 2.32. The molecule has 0 radical (unpaired) electrons. The maximum Gasteiger partial charge on any atom is 0.255 e. The van der Waals surface area contributed by atoms with Crippen molar-refractivity contribution in [3.63, 3.8) is 0 Å². The maximum absolute atomic E-state index is 12.3. The third-order valence-corrected chi connectivity index (χ3v) is 3.95. The lowest BCUT2D eigenvalue weighted by Gasteiger charge is -2.19. The van der Waals surface area contributed by atoms with E-state index in [4.69, 9.17) is 9.47 Å². The molecule has 0 saturated heterocycles. The normalized spacial score (nSPS) is 12.8. The largest absolute Gasteiger partial charge is 0.486 e. The van der Waals surface area contributed by atoms with E-state index in [-0.39, 0.29) is 5.91 Å². The summed E-state index contributed by atoms with van der Waals surface area (Å²) in [6.45, 7) is 1.09. The third-order valence-electron chi connectivity index (χ3n) is 3.33. The van der Waals surface area contributed by atoms with E-state index in [1.54, 1.807) is 17.8 Å². The first-order chi connectivity index (χ1) is 10.8. The first kappa shape index (κ1) is 14.8. The molecule has 0 saturated carbocycles. The van der Waals surface area contributed by atoms with Gasteiger partial charge in [0.2, 0.25) is 0 Å². The van der Waals surface area contributed by atoms with Gasteiger partial charge in [-0.1, -0.05) is 12.1 Å².